The van der Waals surface area contributed by atoms with Crippen LogP contribution in [-0.4, -0.2) is 53.9 Å². The number of benzene rings is 1. The lowest BCUT2D eigenvalue weighted by molar-refractivity contribution is -0.947. The van der Waals surface area contributed by atoms with Gasteiger partial charge in [-0.05, 0) is 18.9 Å². The number of hydrogen-bond acceptors (Lipinski definition) is 3. The van der Waals surface area contributed by atoms with Gasteiger partial charge in [0.05, 0.1) is 31.6 Å². The zero-order valence-electron chi connectivity index (χ0n) is 15.2. The number of quaternary nitrogens is 1. The molecule has 2 aliphatic rings. The molecule has 25 heavy (non-hydrogen) atoms. The van der Waals surface area contributed by atoms with E-state index in [-0.39, 0.29) is 41.6 Å². The van der Waals surface area contributed by atoms with E-state index in [4.69, 9.17) is 4.74 Å². The van der Waals surface area contributed by atoms with Crippen LogP contribution in [0.25, 0.3) is 0 Å². The molecule has 0 radical (unpaired) electrons. The van der Waals surface area contributed by atoms with Crippen LogP contribution in [0.3, 0.4) is 0 Å². The summed E-state index contributed by atoms with van der Waals surface area (Å²) in [5.74, 6) is -0.532. The maximum atomic E-state index is 12.7. The summed E-state index contributed by atoms with van der Waals surface area (Å²) in [7, 11) is 2.36. The molecule has 0 spiro atoms. The van der Waals surface area contributed by atoms with Crippen molar-refractivity contribution in [2.75, 3.05) is 20.2 Å². The molecule has 2 aliphatic heterocycles. The van der Waals surface area contributed by atoms with Crippen molar-refractivity contribution < 1.29 is 36.1 Å². The minimum atomic E-state index is -0.358. The maximum Gasteiger partial charge on any atom is 0.313 e. The van der Waals surface area contributed by atoms with Gasteiger partial charge in [0.15, 0.2) is 0 Å². The highest BCUT2D eigenvalue weighted by Crippen LogP contribution is 2.42. The molecule has 0 amide bonds. The van der Waals surface area contributed by atoms with E-state index in [0.29, 0.717) is 18.5 Å². The first-order valence-electron chi connectivity index (χ1n) is 9.29. The predicted molar refractivity (Wildman–Crippen MR) is 93.5 cm³/mol. The Kier molecular flexibility index (Phi) is 7.06. The van der Waals surface area contributed by atoms with Crippen LogP contribution in [-0.2, 0) is 9.53 Å². The van der Waals surface area contributed by atoms with Crippen LogP contribution in [0, 0.1) is 0 Å². The van der Waals surface area contributed by atoms with Gasteiger partial charge in [-0.2, -0.15) is 0 Å². The molecule has 0 aromatic heterocycles. The molecular weight excluding hydrogens is 382 g/mol. The van der Waals surface area contributed by atoms with Crippen molar-refractivity contribution in [3.05, 3.63) is 35.9 Å². The Morgan fingerprint density at radius 1 is 1.24 bits per heavy atom. The van der Waals surface area contributed by atoms with E-state index in [1.165, 1.54) is 12.8 Å². The molecule has 1 aromatic rings. The summed E-state index contributed by atoms with van der Waals surface area (Å²) < 4.78 is 7.06. The molecule has 2 heterocycles. The fourth-order valence-electron chi connectivity index (χ4n) is 4.79. The van der Waals surface area contributed by atoms with Gasteiger partial charge in [0, 0.05) is 32.3 Å². The number of fused-ring (bicyclic) bond motifs is 2. The summed E-state index contributed by atoms with van der Waals surface area (Å²) in [5.41, 5.74) is 0.935. The summed E-state index contributed by atoms with van der Waals surface area (Å²) >= 11 is 0. The second kappa shape index (κ2) is 8.65. The number of nitrogens with zero attached hydrogens (tertiary/aromatic N) is 1. The van der Waals surface area contributed by atoms with E-state index in [1.54, 1.807) is 0 Å². The number of hydrogen-bond donors (Lipinski definition) is 1. The van der Waals surface area contributed by atoms with Crippen molar-refractivity contribution in [3.63, 3.8) is 0 Å². The molecule has 3 rings (SSSR count). The number of rotatable bonds is 6. The normalized spacial score (nSPS) is 31.9. The minimum absolute atomic E-state index is 0. The van der Waals surface area contributed by atoms with Gasteiger partial charge in [0.2, 0.25) is 0 Å². The smallest absolute Gasteiger partial charge is 0.313 e. The first-order valence-corrected chi connectivity index (χ1v) is 9.29. The van der Waals surface area contributed by atoms with Crippen molar-refractivity contribution in [1.29, 1.82) is 0 Å². The average molecular weight is 412 g/mol. The highest BCUT2D eigenvalue weighted by molar-refractivity contribution is 5.78. The van der Waals surface area contributed by atoms with Gasteiger partial charge in [0.1, 0.15) is 6.10 Å². The summed E-state index contributed by atoms with van der Waals surface area (Å²) in [5, 5.41) is 9.34. The van der Waals surface area contributed by atoms with Crippen LogP contribution < -0.4 is 17.0 Å². The average Bonchev–Trinajstić information content (AvgIpc) is 2.77. The van der Waals surface area contributed by atoms with Gasteiger partial charge in [-0.1, -0.05) is 30.3 Å². The summed E-state index contributed by atoms with van der Waals surface area (Å²) in [6.07, 6.45) is 4.92. The summed E-state index contributed by atoms with van der Waals surface area (Å²) in [6.45, 7) is 3.42. The number of piperidine rings is 1. The Labute approximate surface area is 161 Å². The Balaban J connectivity index is 0.00000225. The topological polar surface area (TPSA) is 46.5 Å². The second-order valence-corrected chi connectivity index (χ2v) is 7.55. The van der Waals surface area contributed by atoms with Crippen molar-refractivity contribution >= 4 is 5.97 Å². The molecule has 4 nitrogen and oxygen atoms in total. The van der Waals surface area contributed by atoms with Crippen LogP contribution >= 0.6 is 0 Å². The van der Waals surface area contributed by atoms with E-state index >= 15 is 0 Å². The van der Waals surface area contributed by atoms with Crippen molar-refractivity contribution in [2.24, 2.45) is 0 Å². The highest BCUT2D eigenvalue weighted by atomic mass is 79.9. The van der Waals surface area contributed by atoms with Gasteiger partial charge < -0.3 is 31.3 Å². The van der Waals surface area contributed by atoms with E-state index in [9.17, 15) is 9.90 Å². The lowest BCUT2D eigenvalue weighted by atomic mass is 9.94. The molecule has 0 aliphatic carbocycles. The van der Waals surface area contributed by atoms with Gasteiger partial charge >= 0.3 is 5.97 Å². The molecule has 3 unspecified atom stereocenters. The molecule has 0 saturated carbocycles. The fourth-order valence-corrected chi connectivity index (χ4v) is 4.79. The zero-order chi connectivity index (χ0) is 17.2. The predicted octanol–water partition coefficient (Wildman–Crippen LogP) is -0.140. The molecule has 5 heteroatoms. The molecule has 3 atom stereocenters. The van der Waals surface area contributed by atoms with Crippen LogP contribution in [0.4, 0.5) is 0 Å². The third kappa shape index (κ3) is 4.09. The number of aliphatic hydroxyl groups excluding tert-OH is 1. The Morgan fingerprint density at radius 3 is 2.36 bits per heavy atom. The van der Waals surface area contributed by atoms with Gasteiger partial charge in [-0.25, -0.2) is 0 Å². The Morgan fingerprint density at radius 2 is 1.84 bits per heavy atom. The van der Waals surface area contributed by atoms with E-state index in [2.05, 4.69) is 14.0 Å². The van der Waals surface area contributed by atoms with E-state index < -0.39 is 0 Å². The van der Waals surface area contributed by atoms with E-state index in [0.717, 1.165) is 29.4 Å². The van der Waals surface area contributed by atoms with Crippen LogP contribution in [0.15, 0.2) is 30.3 Å². The summed E-state index contributed by atoms with van der Waals surface area (Å²) in [6, 6.07) is 10.9. The van der Waals surface area contributed by atoms with E-state index in [1.807, 2.05) is 30.3 Å². The van der Waals surface area contributed by atoms with Gasteiger partial charge in [0.25, 0.3) is 0 Å². The maximum absolute atomic E-state index is 12.7. The molecule has 140 valence electrons. The van der Waals surface area contributed by atoms with Crippen LogP contribution in [0.5, 0.6) is 0 Å². The lowest BCUT2D eigenvalue weighted by Crippen LogP contribution is -3.00. The monoisotopic (exact) mass is 411 g/mol. The number of ether oxygens (including phenoxy) is 1. The van der Waals surface area contributed by atoms with Crippen molar-refractivity contribution in [2.45, 2.75) is 63.1 Å². The Bertz CT molecular complexity index is 551. The van der Waals surface area contributed by atoms with Crippen LogP contribution in [0.2, 0.25) is 0 Å². The summed E-state index contributed by atoms with van der Waals surface area (Å²) in [4.78, 5) is 12.7. The van der Waals surface area contributed by atoms with Crippen LogP contribution in [0.1, 0.15) is 50.5 Å². The lowest BCUT2D eigenvalue weighted by Gasteiger charge is -2.46. The quantitative estimate of drug-likeness (QED) is 0.523. The SMILES string of the molecule is CC[N+]1(C)C2CCC1CC(OC(=O)C(CCO)c1ccccc1)C2.[Br-]. The molecular formula is C20H30BrNO3. The molecule has 1 aromatic carbocycles. The fraction of sp³-hybridized carbons (Fsp3) is 0.650. The second-order valence-electron chi connectivity index (χ2n) is 7.55. The largest absolute Gasteiger partial charge is 1.00 e. The number of halogens is 1. The third-order valence-corrected chi connectivity index (χ3v) is 6.44. The number of carbonyl (C=O) groups is 1. The third-order valence-electron chi connectivity index (χ3n) is 6.44. The van der Waals surface area contributed by atoms with Gasteiger partial charge in [-0.15, -0.1) is 0 Å². The Hall–Kier alpha value is -0.910. The van der Waals surface area contributed by atoms with Gasteiger partial charge in [-0.3, -0.25) is 4.79 Å². The number of aliphatic hydroxyl groups is 1. The highest BCUT2D eigenvalue weighted by Gasteiger charge is 2.51. The number of carbonyl (C=O) groups excluding carboxylic acids is 1. The molecule has 2 bridgehead atoms. The van der Waals surface area contributed by atoms with Crippen molar-refractivity contribution in [1.82, 2.24) is 0 Å². The zero-order valence-corrected chi connectivity index (χ0v) is 16.8. The molecule has 1 N–H and O–H groups in total. The molecule has 2 saturated heterocycles. The standard InChI is InChI=1S/C20H30NO3.BrH/c1-3-21(2)16-9-10-17(21)14-18(13-16)24-20(23)19(11-12-22)15-7-5-4-6-8-15;/h4-8,16-19,22H,3,9-14H2,1-2H3;1H/q+1;/p-1. The number of esters is 1. The first-order chi connectivity index (χ1) is 11.6. The van der Waals surface area contributed by atoms with Crippen molar-refractivity contribution in [3.8, 4) is 0 Å². The minimum Gasteiger partial charge on any atom is -1.00 e. The molecule has 2 fully saturated rings. The first kappa shape index (κ1) is 20.4.